The first-order valence-electron chi connectivity index (χ1n) is 25.6. The van der Waals surface area contributed by atoms with Gasteiger partial charge in [0.25, 0.3) is 0 Å². The fraction of sp³-hybridized carbons (Fsp3) is 0.778. The maximum atomic E-state index is 13.2. The smallest absolute Gasteiger partial charge is 0.306 e. The molecule has 3 N–H and O–H groups in total. The lowest BCUT2D eigenvalue weighted by Crippen LogP contribution is -2.46. The fourth-order valence-corrected chi connectivity index (χ4v) is 7.58. The Morgan fingerprint density at radius 2 is 0.883 bits per heavy atom. The Morgan fingerprint density at radius 1 is 0.483 bits per heavy atom. The monoisotopic (exact) mass is 840 g/mol. The summed E-state index contributed by atoms with van der Waals surface area (Å²) in [6.45, 7) is 6.38. The Kier molecular flexibility index (Phi) is 45.7. The van der Waals surface area contributed by atoms with Gasteiger partial charge in [-0.1, -0.05) is 248 Å². The van der Waals surface area contributed by atoms with Crippen LogP contribution in [0.2, 0.25) is 0 Å². The maximum absolute atomic E-state index is 13.2. The van der Waals surface area contributed by atoms with Crippen LogP contribution in [-0.4, -0.2) is 46.9 Å². The number of unbranched alkanes of at least 4 members (excludes halogenated alkanes) is 27. The number of hydrogen-bond acceptors (Lipinski definition) is 5. The summed E-state index contributed by atoms with van der Waals surface area (Å²) >= 11 is 0. The molecule has 6 nitrogen and oxygen atoms in total. The zero-order valence-corrected chi connectivity index (χ0v) is 39.6. The third-order valence-electron chi connectivity index (χ3n) is 11.5. The molecule has 0 aromatic heterocycles. The van der Waals surface area contributed by atoms with Crippen LogP contribution in [0.3, 0.4) is 0 Å². The van der Waals surface area contributed by atoms with E-state index in [1.807, 2.05) is 24.3 Å². The molecule has 0 spiro atoms. The first-order valence-corrected chi connectivity index (χ1v) is 25.6. The van der Waals surface area contributed by atoms with E-state index in [1.165, 1.54) is 116 Å². The van der Waals surface area contributed by atoms with Crippen LogP contribution in [0.5, 0.6) is 0 Å². The highest BCUT2D eigenvalue weighted by Crippen LogP contribution is 2.18. The number of allylic oxidation sites excluding steroid dienone is 10. The summed E-state index contributed by atoms with van der Waals surface area (Å²) in [5.41, 5.74) is 0. The van der Waals surface area contributed by atoms with Gasteiger partial charge in [-0.05, 0) is 44.9 Å². The molecule has 3 unspecified atom stereocenters. The van der Waals surface area contributed by atoms with E-state index in [2.05, 4.69) is 62.5 Å². The summed E-state index contributed by atoms with van der Waals surface area (Å²) in [4.78, 5) is 26.1. The van der Waals surface area contributed by atoms with Crippen LogP contribution in [0, 0.1) is 0 Å². The van der Waals surface area contributed by atoms with Crippen LogP contribution in [0.1, 0.15) is 245 Å². The summed E-state index contributed by atoms with van der Waals surface area (Å²) in [6.07, 6.45) is 58.4. The van der Waals surface area contributed by atoms with Gasteiger partial charge in [0.2, 0.25) is 5.91 Å². The summed E-state index contributed by atoms with van der Waals surface area (Å²) in [6, 6.07) is -0.706. The molecule has 0 aliphatic heterocycles. The molecule has 0 aromatic rings. The molecule has 6 heteroatoms. The van der Waals surface area contributed by atoms with E-state index in [1.54, 1.807) is 0 Å². The number of nitrogens with one attached hydrogen (secondary N) is 1. The highest BCUT2D eigenvalue weighted by atomic mass is 16.5. The third-order valence-corrected chi connectivity index (χ3v) is 11.5. The quantitative estimate of drug-likeness (QED) is 0.0322. The van der Waals surface area contributed by atoms with Gasteiger partial charge >= 0.3 is 5.97 Å². The summed E-state index contributed by atoms with van der Waals surface area (Å²) < 4.78 is 5.91. The number of amides is 1. The predicted molar refractivity (Wildman–Crippen MR) is 259 cm³/mol. The van der Waals surface area contributed by atoms with Gasteiger partial charge in [-0.15, -0.1) is 0 Å². The average Bonchev–Trinajstić information content (AvgIpc) is 3.24. The molecule has 0 saturated carbocycles. The molecule has 3 atom stereocenters. The number of carbonyl (C=O) groups excluding carboxylic acids is 2. The van der Waals surface area contributed by atoms with Gasteiger partial charge < -0.3 is 20.3 Å². The van der Waals surface area contributed by atoms with E-state index in [0.29, 0.717) is 19.3 Å². The second-order valence-electron chi connectivity index (χ2n) is 17.3. The standard InChI is InChI=1S/C54H97NO5/c1-4-7-10-13-16-19-22-24-25-26-27-28-30-32-35-38-41-44-47-54(59)60-50(45-42-39-36-33-21-18-15-12-9-6-3)48-53(58)55-51(49-56)52(57)46-43-40-37-34-31-29-23-20-17-14-11-8-5-2/h10,13,16,19,22,24-28,50-52,56-57H,4-9,11-12,14-15,17-18,20-21,23,29-49H2,1-3H3,(H,55,58)/b13-10+,19-16+,24-22+,26-25+,28-27+. The van der Waals surface area contributed by atoms with Crippen molar-refractivity contribution < 1.29 is 24.5 Å². The van der Waals surface area contributed by atoms with E-state index in [-0.39, 0.29) is 24.9 Å². The average molecular weight is 840 g/mol. The molecular weight excluding hydrogens is 743 g/mol. The lowest BCUT2D eigenvalue weighted by atomic mass is 10.0. The molecule has 0 aromatic carbocycles. The van der Waals surface area contributed by atoms with Crippen molar-refractivity contribution in [2.24, 2.45) is 0 Å². The van der Waals surface area contributed by atoms with Crippen molar-refractivity contribution in [2.75, 3.05) is 6.61 Å². The van der Waals surface area contributed by atoms with Crippen molar-refractivity contribution in [3.8, 4) is 0 Å². The van der Waals surface area contributed by atoms with E-state index in [9.17, 15) is 19.8 Å². The van der Waals surface area contributed by atoms with Crippen molar-refractivity contribution in [2.45, 2.75) is 264 Å². The minimum absolute atomic E-state index is 0.0674. The first kappa shape index (κ1) is 57.6. The zero-order chi connectivity index (χ0) is 43.8. The number of aliphatic hydroxyl groups is 2. The Balaban J connectivity index is 4.55. The Labute approximate surface area is 371 Å². The Morgan fingerprint density at radius 3 is 1.35 bits per heavy atom. The number of carbonyl (C=O) groups is 2. The second kappa shape index (κ2) is 47.6. The van der Waals surface area contributed by atoms with Crippen LogP contribution in [0.25, 0.3) is 0 Å². The molecule has 60 heavy (non-hydrogen) atoms. The minimum atomic E-state index is -0.791. The second-order valence-corrected chi connectivity index (χ2v) is 17.3. The summed E-state index contributed by atoms with van der Waals surface area (Å²) in [7, 11) is 0. The van der Waals surface area contributed by atoms with Crippen molar-refractivity contribution in [1.29, 1.82) is 0 Å². The highest BCUT2D eigenvalue weighted by Gasteiger charge is 2.24. The topological polar surface area (TPSA) is 95.9 Å². The van der Waals surface area contributed by atoms with E-state index in [4.69, 9.17) is 4.74 Å². The van der Waals surface area contributed by atoms with Gasteiger partial charge in [0.15, 0.2) is 0 Å². The van der Waals surface area contributed by atoms with Crippen LogP contribution in [0.4, 0.5) is 0 Å². The number of ether oxygens (including phenoxy) is 1. The van der Waals surface area contributed by atoms with Crippen LogP contribution in [-0.2, 0) is 14.3 Å². The molecule has 0 heterocycles. The molecule has 1 amide bonds. The lowest BCUT2D eigenvalue weighted by molar-refractivity contribution is -0.151. The van der Waals surface area contributed by atoms with Gasteiger partial charge in [-0.25, -0.2) is 0 Å². The molecule has 0 aliphatic rings. The van der Waals surface area contributed by atoms with Gasteiger partial charge in [0.05, 0.1) is 25.2 Å². The fourth-order valence-electron chi connectivity index (χ4n) is 7.58. The van der Waals surface area contributed by atoms with Crippen LogP contribution in [0.15, 0.2) is 60.8 Å². The van der Waals surface area contributed by atoms with Crippen molar-refractivity contribution in [1.82, 2.24) is 5.32 Å². The first-order chi connectivity index (χ1) is 29.5. The molecule has 0 saturated heterocycles. The molecule has 0 bridgehead atoms. The normalized spacial score (nSPS) is 13.8. The number of aliphatic hydroxyl groups excluding tert-OH is 2. The van der Waals surface area contributed by atoms with E-state index in [0.717, 1.165) is 83.5 Å². The number of esters is 1. The maximum Gasteiger partial charge on any atom is 0.306 e. The number of rotatable bonds is 45. The molecular formula is C54H97NO5. The van der Waals surface area contributed by atoms with Gasteiger partial charge in [0, 0.05) is 6.42 Å². The molecule has 0 fully saturated rings. The molecule has 0 rings (SSSR count). The molecule has 0 radical (unpaired) electrons. The molecule has 0 aliphatic carbocycles. The van der Waals surface area contributed by atoms with E-state index < -0.39 is 18.2 Å². The zero-order valence-electron chi connectivity index (χ0n) is 39.6. The minimum Gasteiger partial charge on any atom is -0.462 e. The van der Waals surface area contributed by atoms with Crippen molar-refractivity contribution in [3.63, 3.8) is 0 Å². The van der Waals surface area contributed by atoms with Gasteiger partial charge in [-0.2, -0.15) is 0 Å². The lowest BCUT2D eigenvalue weighted by Gasteiger charge is -2.24. The Hall–Kier alpha value is -2.44. The van der Waals surface area contributed by atoms with Crippen molar-refractivity contribution in [3.05, 3.63) is 60.8 Å². The van der Waals surface area contributed by atoms with Gasteiger partial charge in [-0.3, -0.25) is 9.59 Å². The van der Waals surface area contributed by atoms with Crippen molar-refractivity contribution >= 4 is 11.9 Å². The highest BCUT2D eigenvalue weighted by molar-refractivity contribution is 5.77. The van der Waals surface area contributed by atoms with Crippen LogP contribution >= 0.6 is 0 Å². The Bertz CT molecular complexity index is 1080. The molecule has 348 valence electrons. The number of hydrogen-bond donors (Lipinski definition) is 3. The summed E-state index contributed by atoms with van der Waals surface area (Å²) in [5.74, 6) is -0.499. The predicted octanol–water partition coefficient (Wildman–Crippen LogP) is 15.2. The summed E-state index contributed by atoms with van der Waals surface area (Å²) in [5, 5.41) is 23.7. The third kappa shape index (κ3) is 42.3. The van der Waals surface area contributed by atoms with E-state index >= 15 is 0 Å². The SMILES string of the molecule is CCC/C=C/C=C/C=C/C=C/C=C/CCCCCCCC(=O)OC(CCCCCCCCCCCC)CC(=O)NC(CO)C(O)CCCCCCCCCCCCCCC. The van der Waals surface area contributed by atoms with Crippen LogP contribution < -0.4 is 5.32 Å². The van der Waals surface area contributed by atoms with Gasteiger partial charge in [0.1, 0.15) is 6.10 Å². The largest absolute Gasteiger partial charge is 0.462 e.